The first-order valence-corrected chi connectivity index (χ1v) is 5.12. The maximum absolute atomic E-state index is 11.5. The third kappa shape index (κ3) is 3.71. The third-order valence-electron chi connectivity index (χ3n) is 2.27. The van der Waals surface area contributed by atoms with Crippen molar-refractivity contribution in [3.8, 4) is 0 Å². The topological polar surface area (TPSA) is 83.8 Å². The number of nitrogens with zero attached hydrogens (tertiary/aromatic N) is 1. The summed E-state index contributed by atoms with van der Waals surface area (Å²) in [6, 6.07) is -0.424. The Morgan fingerprint density at radius 2 is 2.40 bits per heavy atom. The number of H-pyrrole nitrogens is 1. The largest absolute Gasteiger partial charge is 0.354 e. The van der Waals surface area contributed by atoms with Crippen molar-refractivity contribution in [1.29, 1.82) is 0 Å². The summed E-state index contributed by atoms with van der Waals surface area (Å²) in [6.07, 6.45) is 4.11. The van der Waals surface area contributed by atoms with Crippen LogP contribution in [0.15, 0.2) is 12.5 Å². The summed E-state index contributed by atoms with van der Waals surface area (Å²) in [5, 5.41) is 2.79. The molecule has 0 saturated carbocycles. The molecule has 0 saturated heterocycles. The maximum atomic E-state index is 11.5. The van der Waals surface area contributed by atoms with Crippen LogP contribution in [0.1, 0.15) is 19.5 Å². The van der Waals surface area contributed by atoms with Crippen LogP contribution in [0.4, 0.5) is 0 Å². The third-order valence-corrected chi connectivity index (χ3v) is 2.27. The minimum Gasteiger partial charge on any atom is -0.354 e. The first-order valence-electron chi connectivity index (χ1n) is 5.12. The van der Waals surface area contributed by atoms with Crippen molar-refractivity contribution < 1.29 is 4.79 Å². The predicted octanol–water partition coefficient (Wildman–Crippen LogP) is 0.0517. The van der Waals surface area contributed by atoms with Gasteiger partial charge in [0.1, 0.15) is 0 Å². The van der Waals surface area contributed by atoms with Gasteiger partial charge in [-0.25, -0.2) is 4.98 Å². The van der Waals surface area contributed by atoms with Gasteiger partial charge in [-0.2, -0.15) is 0 Å². The molecule has 4 N–H and O–H groups in total. The summed E-state index contributed by atoms with van der Waals surface area (Å²) in [4.78, 5) is 18.3. The van der Waals surface area contributed by atoms with Crippen LogP contribution in [0.25, 0.3) is 0 Å². The molecule has 0 spiro atoms. The number of nitrogens with two attached hydrogens (primary N) is 1. The fourth-order valence-corrected chi connectivity index (χ4v) is 1.16. The lowest BCUT2D eigenvalue weighted by molar-refractivity contribution is -0.123. The molecule has 0 fully saturated rings. The number of hydrogen-bond acceptors (Lipinski definition) is 3. The number of amides is 1. The summed E-state index contributed by atoms with van der Waals surface area (Å²) in [5.74, 6) is 0.0710. The van der Waals surface area contributed by atoms with Crippen LogP contribution in [-0.4, -0.2) is 28.5 Å². The molecule has 5 heteroatoms. The molecule has 1 aromatic heterocycles. The fraction of sp³-hybridized carbons (Fsp3) is 0.600. The van der Waals surface area contributed by atoms with E-state index in [1.807, 2.05) is 13.8 Å². The Labute approximate surface area is 89.5 Å². The van der Waals surface area contributed by atoms with Gasteiger partial charge in [-0.1, -0.05) is 13.8 Å². The Bertz CT molecular complexity index is 294. The molecule has 1 aromatic rings. The van der Waals surface area contributed by atoms with Gasteiger partial charge >= 0.3 is 0 Å². The molecule has 0 aliphatic carbocycles. The molecule has 0 aliphatic heterocycles. The average molecular weight is 210 g/mol. The standard InChI is InChI=1S/C10H18N4O/c1-7(2)9(11)10(15)13-4-3-8-5-12-6-14-8/h5-7,9H,3-4,11H2,1-2H3,(H,12,14)(H,13,15). The second-order valence-electron chi connectivity index (χ2n) is 3.89. The Morgan fingerprint density at radius 1 is 1.67 bits per heavy atom. The van der Waals surface area contributed by atoms with E-state index < -0.39 is 6.04 Å². The number of carbonyl (C=O) groups excluding carboxylic acids is 1. The van der Waals surface area contributed by atoms with E-state index in [0.29, 0.717) is 6.54 Å². The van der Waals surface area contributed by atoms with Crippen LogP contribution >= 0.6 is 0 Å². The minimum absolute atomic E-state index is 0.0930. The molecule has 1 heterocycles. The normalized spacial score (nSPS) is 12.8. The van der Waals surface area contributed by atoms with Gasteiger partial charge < -0.3 is 16.0 Å². The van der Waals surface area contributed by atoms with E-state index in [-0.39, 0.29) is 11.8 Å². The van der Waals surface area contributed by atoms with Gasteiger partial charge in [0.15, 0.2) is 0 Å². The Balaban J connectivity index is 2.23. The van der Waals surface area contributed by atoms with Crippen LogP contribution in [0, 0.1) is 5.92 Å². The van der Waals surface area contributed by atoms with Gasteiger partial charge in [0.25, 0.3) is 0 Å². The van der Waals surface area contributed by atoms with E-state index in [1.54, 1.807) is 12.5 Å². The zero-order valence-corrected chi connectivity index (χ0v) is 9.16. The second kappa shape index (κ2) is 5.50. The van der Waals surface area contributed by atoms with Crippen molar-refractivity contribution in [1.82, 2.24) is 15.3 Å². The van der Waals surface area contributed by atoms with Crippen LogP contribution in [0.2, 0.25) is 0 Å². The summed E-state index contributed by atoms with van der Waals surface area (Å²) in [7, 11) is 0. The first-order chi connectivity index (χ1) is 7.11. The Kier molecular flexibility index (Phi) is 4.30. The molecule has 1 atom stereocenters. The van der Waals surface area contributed by atoms with Crippen molar-refractivity contribution in [3.63, 3.8) is 0 Å². The minimum atomic E-state index is -0.424. The van der Waals surface area contributed by atoms with Crippen molar-refractivity contribution in [2.45, 2.75) is 26.3 Å². The summed E-state index contributed by atoms with van der Waals surface area (Å²) in [6.45, 7) is 4.44. The highest BCUT2D eigenvalue weighted by molar-refractivity contribution is 5.81. The average Bonchev–Trinajstić information content (AvgIpc) is 2.69. The van der Waals surface area contributed by atoms with E-state index in [1.165, 1.54) is 0 Å². The van der Waals surface area contributed by atoms with Gasteiger partial charge in [-0.3, -0.25) is 4.79 Å². The van der Waals surface area contributed by atoms with Gasteiger partial charge in [0.2, 0.25) is 5.91 Å². The van der Waals surface area contributed by atoms with E-state index in [4.69, 9.17) is 5.73 Å². The van der Waals surface area contributed by atoms with Crippen molar-refractivity contribution in [2.24, 2.45) is 11.7 Å². The van der Waals surface area contributed by atoms with Crippen molar-refractivity contribution in [2.75, 3.05) is 6.54 Å². The van der Waals surface area contributed by atoms with Crippen LogP contribution < -0.4 is 11.1 Å². The molecule has 0 aromatic carbocycles. The Morgan fingerprint density at radius 3 is 2.93 bits per heavy atom. The van der Waals surface area contributed by atoms with Crippen LogP contribution in [0.3, 0.4) is 0 Å². The van der Waals surface area contributed by atoms with E-state index in [2.05, 4.69) is 15.3 Å². The van der Waals surface area contributed by atoms with Crippen molar-refractivity contribution >= 4 is 5.91 Å². The maximum Gasteiger partial charge on any atom is 0.237 e. The van der Waals surface area contributed by atoms with Crippen LogP contribution in [0.5, 0.6) is 0 Å². The quantitative estimate of drug-likeness (QED) is 0.642. The monoisotopic (exact) mass is 210 g/mol. The molecule has 1 unspecified atom stereocenters. The Hall–Kier alpha value is -1.36. The SMILES string of the molecule is CC(C)C(N)C(=O)NCCc1cnc[nH]1. The second-order valence-corrected chi connectivity index (χ2v) is 3.89. The van der Waals surface area contributed by atoms with Crippen LogP contribution in [-0.2, 0) is 11.2 Å². The molecule has 0 radical (unpaired) electrons. The van der Waals surface area contributed by atoms with Gasteiger partial charge in [0.05, 0.1) is 12.4 Å². The lowest BCUT2D eigenvalue weighted by Gasteiger charge is -2.14. The first kappa shape index (κ1) is 11.7. The summed E-state index contributed by atoms with van der Waals surface area (Å²) in [5.41, 5.74) is 6.70. The number of aromatic amines is 1. The van der Waals surface area contributed by atoms with Gasteiger partial charge in [-0.05, 0) is 5.92 Å². The number of carbonyl (C=O) groups is 1. The number of imidazole rings is 1. The van der Waals surface area contributed by atoms with Gasteiger partial charge in [-0.15, -0.1) is 0 Å². The highest BCUT2D eigenvalue weighted by Crippen LogP contribution is 1.98. The number of hydrogen-bond donors (Lipinski definition) is 3. The molecular formula is C10H18N4O. The molecule has 5 nitrogen and oxygen atoms in total. The molecule has 0 aliphatic rings. The van der Waals surface area contributed by atoms with Gasteiger partial charge in [0, 0.05) is 24.9 Å². The van der Waals surface area contributed by atoms with E-state index in [0.717, 1.165) is 12.1 Å². The predicted molar refractivity (Wildman–Crippen MR) is 58.1 cm³/mol. The summed E-state index contributed by atoms with van der Waals surface area (Å²) < 4.78 is 0. The molecule has 84 valence electrons. The van der Waals surface area contributed by atoms with E-state index in [9.17, 15) is 4.79 Å². The lowest BCUT2D eigenvalue weighted by atomic mass is 10.1. The molecule has 0 bridgehead atoms. The highest BCUT2D eigenvalue weighted by atomic mass is 16.2. The summed E-state index contributed by atoms with van der Waals surface area (Å²) >= 11 is 0. The molecule has 15 heavy (non-hydrogen) atoms. The van der Waals surface area contributed by atoms with Crippen molar-refractivity contribution in [3.05, 3.63) is 18.2 Å². The number of rotatable bonds is 5. The number of nitrogens with one attached hydrogen (secondary N) is 2. The fourth-order valence-electron chi connectivity index (χ4n) is 1.16. The lowest BCUT2D eigenvalue weighted by Crippen LogP contribution is -2.44. The molecule has 1 amide bonds. The zero-order valence-electron chi connectivity index (χ0n) is 9.16. The zero-order chi connectivity index (χ0) is 11.3. The van der Waals surface area contributed by atoms with E-state index >= 15 is 0 Å². The number of aromatic nitrogens is 2. The molecule has 1 rings (SSSR count). The highest BCUT2D eigenvalue weighted by Gasteiger charge is 2.16. The molecular weight excluding hydrogens is 192 g/mol. The smallest absolute Gasteiger partial charge is 0.237 e.